The van der Waals surface area contributed by atoms with Crippen molar-refractivity contribution in [1.82, 2.24) is 0 Å². The summed E-state index contributed by atoms with van der Waals surface area (Å²) in [6.45, 7) is 48.4. The third-order valence-electron chi connectivity index (χ3n) is 15.9. The molecule has 2 heterocycles. The van der Waals surface area contributed by atoms with E-state index in [0.29, 0.717) is 5.92 Å². The van der Waals surface area contributed by atoms with Crippen LogP contribution in [0.5, 0.6) is 0 Å². The molecule has 0 bridgehead atoms. The summed E-state index contributed by atoms with van der Waals surface area (Å²) in [6.07, 6.45) is 2.28. The van der Waals surface area contributed by atoms with Gasteiger partial charge in [-0.05, 0) is 173 Å². The fraction of sp³-hybridized carbons (Fsp3) is 0.500. The van der Waals surface area contributed by atoms with Crippen LogP contribution in [-0.4, -0.2) is 6.71 Å². The molecule has 2 nitrogen and oxygen atoms in total. The van der Waals surface area contributed by atoms with Crippen LogP contribution in [0.15, 0.2) is 72.8 Å². The highest BCUT2D eigenvalue weighted by Gasteiger charge is 2.49. The summed E-state index contributed by atoms with van der Waals surface area (Å²) in [6, 6.07) is 30.6. The van der Waals surface area contributed by atoms with Crippen LogP contribution in [-0.2, 0) is 37.9 Å². The third-order valence-corrected chi connectivity index (χ3v) is 15.9. The molecule has 63 heavy (non-hydrogen) atoms. The number of nitrogens with zero attached hydrogens (tertiary/aromatic N) is 2. The molecule has 0 radical (unpaired) electrons. The topological polar surface area (TPSA) is 6.48 Å². The van der Waals surface area contributed by atoms with Crippen LogP contribution < -0.4 is 26.2 Å². The molecule has 0 amide bonds. The second kappa shape index (κ2) is 13.4. The molecule has 330 valence electrons. The van der Waals surface area contributed by atoms with Gasteiger partial charge in [0.2, 0.25) is 0 Å². The molecule has 9 rings (SSSR count). The van der Waals surface area contributed by atoms with E-state index in [1.165, 1.54) is 101 Å². The van der Waals surface area contributed by atoms with Crippen molar-refractivity contribution in [2.24, 2.45) is 0 Å². The molecule has 0 spiro atoms. The van der Waals surface area contributed by atoms with E-state index in [9.17, 15) is 0 Å². The Labute approximate surface area is 383 Å². The van der Waals surface area contributed by atoms with Gasteiger partial charge in [0, 0.05) is 34.1 Å². The Morgan fingerprint density at radius 3 is 1.56 bits per heavy atom. The Hall–Kier alpha value is -4.24. The molecule has 0 unspecified atom stereocenters. The molecular weight excluding hydrogens is 759 g/mol. The summed E-state index contributed by atoms with van der Waals surface area (Å²) >= 11 is 0. The lowest BCUT2D eigenvalue weighted by Gasteiger charge is -2.46. The smallest absolute Gasteiger partial charge is 0.252 e. The largest absolute Gasteiger partial charge is 0.311 e. The summed E-state index contributed by atoms with van der Waals surface area (Å²) in [4.78, 5) is 5.41. The number of fused-ring (bicyclic) bond motifs is 6. The maximum Gasteiger partial charge on any atom is 0.252 e. The zero-order valence-electron chi connectivity index (χ0n) is 42.9. The first-order chi connectivity index (χ1) is 28.8. The van der Waals surface area contributed by atoms with Gasteiger partial charge >= 0.3 is 0 Å². The molecule has 0 N–H and O–H groups in total. The molecule has 0 atom stereocenters. The summed E-state index contributed by atoms with van der Waals surface area (Å²) in [5.74, 6) is 0.429. The minimum atomic E-state index is -0.0873. The van der Waals surface area contributed by atoms with Crippen LogP contribution in [0, 0.1) is 6.92 Å². The van der Waals surface area contributed by atoms with E-state index < -0.39 is 0 Å². The fourth-order valence-electron chi connectivity index (χ4n) is 13.1. The first kappa shape index (κ1) is 44.0. The predicted molar refractivity (Wildman–Crippen MR) is 277 cm³/mol. The minimum Gasteiger partial charge on any atom is -0.311 e. The van der Waals surface area contributed by atoms with E-state index in [-0.39, 0.29) is 44.6 Å². The monoisotopic (exact) mass is 837 g/mol. The van der Waals surface area contributed by atoms with Gasteiger partial charge in [-0.2, -0.15) is 0 Å². The standard InChI is InChI=1S/C60H77BN2/c1-35(2)40-25-36(3)49(31-42(40)56(10,11)12)63-50-32-45-44(59(17,18)34-60(45,19)20)30-47(50)61-46-26-37(54(4,5)6)21-24-48(46)62(51-27-38(55(7,8)9)28-52(63)53(51)61)39-22-23-41-43(29-39)58(15,16)33-57(41,13)14/h21-32,35H,33-34H2,1-20H3. The lowest BCUT2D eigenvalue weighted by molar-refractivity contribution is 0.403. The first-order valence-electron chi connectivity index (χ1n) is 24.3. The summed E-state index contributed by atoms with van der Waals surface area (Å²) in [5.41, 5.74) is 25.3. The molecule has 0 aromatic heterocycles. The second-order valence-electron chi connectivity index (χ2n) is 26.5. The van der Waals surface area contributed by atoms with Crippen molar-refractivity contribution in [3.8, 4) is 0 Å². The summed E-state index contributed by atoms with van der Waals surface area (Å²) < 4.78 is 0. The van der Waals surface area contributed by atoms with Crippen LogP contribution >= 0.6 is 0 Å². The number of benzene rings is 5. The van der Waals surface area contributed by atoms with Gasteiger partial charge in [0.25, 0.3) is 6.71 Å². The lowest BCUT2D eigenvalue weighted by atomic mass is 9.33. The maximum atomic E-state index is 2.74. The van der Waals surface area contributed by atoms with Crippen LogP contribution in [0.2, 0.25) is 0 Å². The molecular formula is C60H77BN2. The second-order valence-corrected chi connectivity index (χ2v) is 26.5. The number of hydrogen-bond acceptors (Lipinski definition) is 2. The molecule has 0 saturated carbocycles. The zero-order valence-corrected chi connectivity index (χ0v) is 42.9. The van der Waals surface area contributed by atoms with Gasteiger partial charge in [0.05, 0.1) is 0 Å². The van der Waals surface area contributed by atoms with Crippen molar-refractivity contribution < 1.29 is 0 Å². The Morgan fingerprint density at radius 2 is 1.00 bits per heavy atom. The van der Waals surface area contributed by atoms with E-state index in [1.807, 2.05) is 0 Å². The van der Waals surface area contributed by atoms with Gasteiger partial charge < -0.3 is 9.80 Å². The van der Waals surface area contributed by atoms with Crippen molar-refractivity contribution >= 4 is 57.2 Å². The average Bonchev–Trinajstić information content (AvgIpc) is 3.45. The Kier molecular flexibility index (Phi) is 9.37. The Bertz CT molecular complexity index is 2730. The number of aryl methyl sites for hydroxylation is 1. The summed E-state index contributed by atoms with van der Waals surface area (Å²) in [7, 11) is 0. The van der Waals surface area contributed by atoms with Crippen LogP contribution in [0.3, 0.4) is 0 Å². The molecule has 3 heteroatoms. The van der Waals surface area contributed by atoms with Crippen molar-refractivity contribution in [3.05, 3.63) is 123 Å². The van der Waals surface area contributed by atoms with Gasteiger partial charge in [-0.25, -0.2) is 0 Å². The zero-order chi connectivity index (χ0) is 46.1. The third kappa shape index (κ3) is 6.70. The van der Waals surface area contributed by atoms with Gasteiger partial charge in [-0.15, -0.1) is 0 Å². The molecule has 0 saturated heterocycles. The molecule has 4 aliphatic rings. The van der Waals surface area contributed by atoms with E-state index in [1.54, 1.807) is 0 Å². The highest BCUT2D eigenvalue weighted by molar-refractivity contribution is 7.00. The van der Waals surface area contributed by atoms with E-state index in [4.69, 9.17) is 0 Å². The first-order valence-corrected chi connectivity index (χ1v) is 24.3. The van der Waals surface area contributed by atoms with Crippen molar-refractivity contribution in [3.63, 3.8) is 0 Å². The molecule has 0 fully saturated rings. The number of hydrogen-bond donors (Lipinski definition) is 0. The van der Waals surface area contributed by atoms with E-state index >= 15 is 0 Å². The van der Waals surface area contributed by atoms with Crippen LogP contribution in [0.1, 0.15) is 200 Å². The van der Waals surface area contributed by atoms with Gasteiger partial charge in [0.1, 0.15) is 0 Å². The quantitative estimate of drug-likeness (QED) is 0.164. The van der Waals surface area contributed by atoms with Crippen LogP contribution in [0.25, 0.3) is 0 Å². The van der Waals surface area contributed by atoms with Crippen molar-refractivity contribution in [1.29, 1.82) is 0 Å². The lowest BCUT2D eigenvalue weighted by Crippen LogP contribution is -2.62. The molecule has 5 aromatic carbocycles. The highest BCUT2D eigenvalue weighted by atomic mass is 15.2. The molecule has 2 aliphatic carbocycles. The molecule has 5 aromatic rings. The SMILES string of the molecule is Cc1cc(C(C)C)c(C(C)(C)C)cc1N1c2cc3c(cc2B2c4cc(C(C)(C)C)ccc4N(c4ccc5c(c4)C(C)(C)CC5(C)C)c4cc(C(C)(C)C)cc1c42)C(C)(C)CC3(C)C. The van der Waals surface area contributed by atoms with E-state index in [0.717, 1.165) is 12.8 Å². The van der Waals surface area contributed by atoms with Crippen molar-refractivity contribution in [2.75, 3.05) is 9.80 Å². The van der Waals surface area contributed by atoms with Gasteiger partial charge in [-0.1, -0.05) is 162 Å². The van der Waals surface area contributed by atoms with E-state index in [2.05, 4.69) is 221 Å². The minimum absolute atomic E-state index is 0.00561. The predicted octanol–water partition coefficient (Wildman–Crippen LogP) is 15.0. The highest BCUT2D eigenvalue weighted by Crippen LogP contribution is 2.55. The fourth-order valence-corrected chi connectivity index (χ4v) is 13.1. The van der Waals surface area contributed by atoms with Gasteiger partial charge in [0.15, 0.2) is 0 Å². The van der Waals surface area contributed by atoms with Gasteiger partial charge in [-0.3, -0.25) is 0 Å². The number of rotatable bonds is 3. The number of anilines is 6. The molecule has 2 aliphatic heterocycles. The van der Waals surface area contributed by atoms with Crippen LogP contribution in [0.4, 0.5) is 34.1 Å². The summed E-state index contributed by atoms with van der Waals surface area (Å²) in [5, 5.41) is 0. The Balaban J connectivity index is 1.46. The van der Waals surface area contributed by atoms with Crippen molar-refractivity contribution in [2.45, 2.75) is 195 Å². The normalized spacial score (nSPS) is 18.9. The average molecular weight is 837 g/mol. The maximum absolute atomic E-state index is 2.74. The Morgan fingerprint density at radius 1 is 0.476 bits per heavy atom.